The summed E-state index contributed by atoms with van der Waals surface area (Å²) in [6.45, 7) is 7.80. The van der Waals surface area contributed by atoms with Crippen LogP contribution in [0.25, 0.3) is 0 Å². The van der Waals surface area contributed by atoms with E-state index in [1.807, 2.05) is 36.4 Å². The quantitative estimate of drug-likeness (QED) is 0.514. The lowest BCUT2D eigenvalue weighted by atomic mass is 10.1. The van der Waals surface area contributed by atoms with Gasteiger partial charge < -0.3 is 19.5 Å². The lowest BCUT2D eigenvalue weighted by Crippen LogP contribution is -2.11. The molecule has 1 aromatic heterocycles. The Morgan fingerprint density at radius 3 is 2.41 bits per heavy atom. The average Bonchev–Trinajstić information content (AvgIpc) is 2.75. The first-order valence-corrected chi connectivity index (χ1v) is 9.72. The molecule has 0 aliphatic rings. The number of pyridine rings is 1. The first-order chi connectivity index (χ1) is 14.1. The highest BCUT2D eigenvalue weighted by Gasteiger charge is 2.09. The minimum absolute atomic E-state index is 0.439. The highest BCUT2D eigenvalue weighted by atomic mass is 16.5. The molecule has 1 N–H and O–H groups in total. The highest BCUT2D eigenvalue weighted by Crippen LogP contribution is 2.29. The number of aromatic nitrogens is 1. The zero-order valence-corrected chi connectivity index (χ0v) is 17.5. The van der Waals surface area contributed by atoms with E-state index < -0.39 is 0 Å². The Labute approximate surface area is 172 Å². The molecule has 0 amide bonds. The Bertz CT molecular complexity index is 942. The van der Waals surface area contributed by atoms with E-state index in [1.165, 1.54) is 11.1 Å². The zero-order valence-electron chi connectivity index (χ0n) is 17.5. The fourth-order valence-corrected chi connectivity index (χ4v) is 3.04. The van der Waals surface area contributed by atoms with Crippen LogP contribution in [-0.2, 0) is 6.54 Å². The van der Waals surface area contributed by atoms with Gasteiger partial charge in [-0.05, 0) is 67.3 Å². The number of hydrogen-bond donors (Lipinski definition) is 1. The number of nitrogens with zero attached hydrogens (tertiary/aromatic N) is 1. The van der Waals surface area contributed by atoms with Gasteiger partial charge in [-0.3, -0.25) is 0 Å². The number of ether oxygens (including phenoxy) is 3. The van der Waals surface area contributed by atoms with Gasteiger partial charge in [0, 0.05) is 12.7 Å². The number of anilines is 1. The van der Waals surface area contributed by atoms with Crippen molar-refractivity contribution in [3.05, 3.63) is 77.0 Å². The van der Waals surface area contributed by atoms with Crippen molar-refractivity contribution in [3.63, 3.8) is 0 Å². The second kappa shape index (κ2) is 9.82. The van der Waals surface area contributed by atoms with Crippen LogP contribution in [0, 0.1) is 20.8 Å². The molecule has 0 atom stereocenters. The van der Waals surface area contributed by atoms with Gasteiger partial charge in [0.25, 0.3) is 0 Å². The molecule has 0 saturated heterocycles. The lowest BCUT2D eigenvalue weighted by Gasteiger charge is -2.16. The van der Waals surface area contributed by atoms with E-state index in [1.54, 1.807) is 13.3 Å². The van der Waals surface area contributed by atoms with Crippen molar-refractivity contribution in [2.24, 2.45) is 0 Å². The molecule has 1 heterocycles. The van der Waals surface area contributed by atoms with E-state index in [4.69, 9.17) is 14.2 Å². The van der Waals surface area contributed by atoms with Gasteiger partial charge in [-0.2, -0.15) is 0 Å². The molecule has 0 fully saturated rings. The summed E-state index contributed by atoms with van der Waals surface area (Å²) in [6.07, 6.45) is 1.77. The number of hydrogen-bond acceptors (Lipinski definition) is 5. The van der Waals surface area contributed by atoms with Crippen LogP contribution in [0.5, 0.6) is 17.2 Å². The minimum atomic E-state index is 0.439. The van der Waals surface area contributed by atoms with Crippen molar-refractivity contribution in [2.75, 3.05) is 25.6 Å². The first-order valence-electron chi connectivity index (χ1n) is 9.72. The van der Waals surface area contributed by atoms with Gasteiger partial charge in [-0.15, -0.1) is 0 Å². The molecule has 0 aliphatic heterocycles. The van der Waals surface area contributed by atoms with Crippen molar-refractivity contribution in [2.45, 2.75) is 27.3 Å². The summed E-state index contributed by atoms with van der Waals surface area (Å²) < 4.78 is 17.4. The van der Waals surface area contributed by atoms with Crippen LogP contribution in [0.1, 0.15) is 22.3 Å². The molecule has 0 saturated carbocycles. The topological polar surface area (TPSA) is 52.6 Å². The van der Waals surface area contributed by atoms with E-state index in [-0.39, 0.29) is 0 Å². The molecule has 152 valence electrons. The molecule has 3 rings (SSSR count). The predicted octanol–water partition coefficient (Wildman–Crippen LogP) is 5.09. The standard InChI is InChI=1S/C24H28N2O3/c1-17-8-9-18(2)24(19(17)3)29-14-13-28-21-11-10-20(15-22(21)27-4)16-26-23-7-5-6-12-25-23/h5-12,15H,13-14,16H2,1-4H3,(H,25,26). The first kappa shape index (κ1) is 20.5. The van der Waals surface area contributed by atoms with Crippen molar-refractivity contribution in [3.8, 4) is 17.2 Å². The van der Waals surface area contributed by atoms with E-state index in [0.717, 1.165) is 22.7 Å². The molecular formula is C24H28N2O3. The molecule has 5 nitrogen and oxygen atoms in total. The van der Waals surface area contributed by atoms with Gasteiger partial charge in [-0.1, -0.05) is 24.3 Å². The van der Waals surface area contributed by atoms with Crippen LogP contribution in [0.2, 0.25) is 0 Å². The third kappa shape index (κ3) is 5.41. The summed E-state index contributed by atoms with van der Waals surface area (Å²) in [5, 5.41) is 3.29. The fraction of sp³-hybridized carbons (Fsp3) is 0.292. The SMILES string of the molecule is COc1cc(CNc2ccccn2)ccc1OCCOc1c(C)ccc(C)c1C. The highest BCUT2D eigenvalue weighted by molar-refractivity contribution is 5.45. The third-order valence-corrected chi connectivity index (χ3v) is 4.83. The molecule has 5 heteroatoms. The van der Waals surface area contributed by atoms with Gasteiger partial charge in [0.15, 0.2) is 11.5 Å². The minimum Gasteiger partial charge on any atom is -0.493 e. The fourth-order valence-electron chi connectivity index (χ4n) is 3.04. The molecule has 0 bridgehead atoms. The van der Waals surface area contributed by atoms with Crippen molar-refractivity contribution < 1.29 is 14.2 Å². The Kier molecular flexibility index (Phi) is 6.95. The Hall–Kier alpha value is -3.21. The molecule has 3 aromatic rings. The molecule has 0 aliphatic carbocycles. The second-order valence-corrected chi connectivity index (χ2v) is 6.90. The van der Waals surface area contributed by atoms with Gasteiger partial charge in [0.2, 0.25) is 0 Å². The van der Waals surface area contributed by atoms with Crippen molar-refractivity contribution >= 4 is 5.82 Å². The summed E-state index contributed by atoms with van der Waals surface area (Å²) in [4.78, 5) is 4.27. The van der Waals surface area contributed by atoms with E-state index >= 15 is 0 Å². The van der Waals surface area contributed by atoms with Gasteiger partial charge in [-0.25, -0.2) is 4.98 Å². The molecular weight excluding hydrogens is 364 g/mol. The maximum Gasteiger partial charge on any atom is 0.161 e. The Morgan fingerprint density at radius 2 is 1.66 bits per heavy atom. The van der Waals surface area contributed by atoms with Crippen molar-refractivity contribution in [1.82, 2.24) is 4.98 Å². The summed E-state index contributed by atoms with van der Waals surface area (Å²) in [6, 6.07) is 15.9. The maximum absolute atomic E-state index is 5.97. The third-order valence-electron chi connectivity index (χ3n) is 4.83. The average molecular weight is 392 g/mol. The molecule has 29 heavy (non-hydrogen) atoms. The monoisotopic (exact) mass is 392 g/mol. The number of nitrogens with one attached hydrogen (secondary N) is 1. The molecule has 2 aromatic carbocycles. The van der Waals surface area contributed by atoms with Gasteiger partial charge in [0.05, 0.1) is 7.11 Å². The number of methoxy groups -OCH3 is 1. The van der Waals surface area contributed by atoms with Crippen LogP contribution in [0.4, 0.5) is 5.82 Å². The summed E-state index contributed by atoms with van der Waals surface area (Å²) in [7, 11) is 1.65. The largest absolute Gasteiger partial charge is 0.493 e. The Balaban J connectivity index is 1.55. The Morgan fingerprint density at radius 1 is 0.862 bits per heavy atom. The second-order valence-electron chi connectivity index (χ2n) is 6.90. The summed E-state index contributed by atoms with van der Waals surface area (Å²) >= 11 is 0. The van der Waals surface area contributed by atoms with Crippen molar-refractivity contribution in [1.29, 1.82) is 0 Å². The van der Waals surface area contributed by atoms with Gasteiger partial charge in [0.1, 0.15) is 24.8 Å². The summed E-state index contributed by atoms with van der Waals surface area (Å²) in [5.74, 6) is 3.19. The van der Waals surface area contributed by atoms with Crippen LogP contribution in [-0.4, -0.2) is 25.3 Å². The maximum atomic E-state index is 5.97. The normalized spacial score (nSPS) is 10.5. The number of rotatable bonds is 9. The number of benzene rings is 2. The molecule has 0 radical (unpaired) electrons. The summed E-state index contributed by atoms with van der Waals surface area (Å²) in [5.41, 5.74) is 4.62. The van der Waals surface area contributed by atoms with Crippen LogP contribution in [0.15, 0.2) is 54.7 Å². The lowest BCUT2D eigenvalue weighted by molar-refractivity contribution is 0.209. The van der Waals surface area contributed by atoms with Gasteiger partial charge >= 0.3 is 0 Å². The van der Waals surface area contributed by atoms with Crippen LogP contribution < -0.4 is 19.5 Å². The smallest absolute Gasteiger partial charge is 0.161 e. The van der Waals surface area contributed by atoms with E-state index in [2.05, 4.69) is 43.2 Å². The van der Waals surface area contributed by atoms with Crippen LogP contribution >= 0.6 is 0 Å². The molecule has 0 spiro atoms. The molecule has 0 unspecified atom stereocenters. The van der Waals surface area contributed by atoms with E-state index in [0.29, 0.717) is 31.3 Å². The number of aryl methyl sites for hydroxylation is 2. The van der Waals surface area contributed by atoms with Crippen LogP contribution in [0.3, 0.4) is 0 Å². The zero-order chi connectivity index (χ0) is 20.6. The van der Waals surface area contributed by atoms with E-state index in [9.17, 15) is 0 Å². The predicted molar refractivity (Wildman–Crippen MR) is 116 cm³/mol.